The van der Waals surface area contributed by atoms with E-state index >= 15 is 0 Å². The summed E-state index contributed by atoms with van der Waals surface area (Å²) in [6.45, 7) is 0. The number of hydrogen-bond acceptors (Lipinski definition) is 4. The molecule has 17 heavy (non-hydrogen) atoms. The molecule has 0 aliphatic carbocycles. The summed E-state index contributed by atoms with van der Waals surface area (Å²) < 4.78 is 1.73. The van der Waals surface area contributed by atoms with Gasteiger partial charge in [0.25, 0.3) is 0 Å². The zero-order valence-corrected chi connectivity index (χ0v) is 10.1. The maximum Gasteiger partial charge on any atom is 0.118 e. The van der Waals surface area contributed by atoms with Crippen molar-refractivity contribution in [2.75, 3.05) is 11.5 Å². The topological polar surface area (TPSA) is 50.9 Å². The zero-order chi connectivity index (χ0) is 11.7. The number of aliphatic hydroxyl groups is 1. The average Bonchev–Trinajstić information content (AvgIpc) is 2.99. The first kappa shape index (κ1) is 10.8. The monoisotopic (exact) mass is 247 g/mol. The summed E-state index contributed by atoms with van der Waals surface area (Å²) in [4.78, 5) is 0. The van der Waals surface area contributed by atoms with E-state index in [1.165, 1.54) is 0 Å². The van der Waals surface area contributed by atoms with Gasteiger partial charge in [-0.2, -0.15) is 11.8 Å². The zero-order valence-electron chi connectivity index (χ0n) is 9.28. The van der Waals surface area contributed by atoms with Crippen LogP contribution < -0.4 is 0 Å². The number of nitrogens with zero attached hydrogens (tertiary/aromatic N) is 3. The molecule has 2 heterocycles. The highest BCUT2D eigenvalue weighted by Crippen LogP contribution is 2.36. The molecule has 1 unspecified atom stereocenters. The summed E-state index contributed by atoms with van der Waals surface area (Å²) in [5.74, 6) is 1.70. The van der Waals surface area contributed by atoms with Crippen LogP contribution in [0.25, 0.3) is 5.69 Å². The molecular weight excluding hydrogens is 234 g/mol. The van der Waals surface area contributed by atoms with Crippen molar-refractivity contribution in [3.05, 3.63) is 42.2 Å². The summed E-state index contributed by atoms with van der Waals surface area (Å²) in [7, 11) is 0. The van der Waals surface area contributed by atoms with Crippen molar-refractivity contribution < 1.29 is 5.11 Å². The van der Waals surface area contributed by atoms with Crippen molar-refractivity contribution >= 4 is 11.8 Å². The van der Waals surface area contributed by atoms with Crippen molar-refractivity contribution in [2.45, 2.75) is 12.0 Å². The molecule has 1 aliphatic heterocycles. The van der Waals surface area contributed by atoms with E-state index in [4.69, 9.17) is 0 Å². The predicted octanol–water partition coefficient (Wildman–Crippen LogP) is 1.59. The Morgan fingerprint density at radius 2 is 2.12 bits per heavy atom. The maximum absolute atomic E-state index is 10.6. The molecule has 0 radical (unpaired) electrons. The summed E-state index contributed by atoms with van der Waals surface area (Å²) in [5.41, 5.74) is 0.934. The lowest BCUT2D eigenvalue weighted by Gasteiger charge is -2.21. The fraction of sp³-hybridized carbons (Fsp3) is 0.333. The quantitative estimate of drug-likeness (QED) is 0.875. The number of benzene rings is 1. The van der Waals surface area contributed by atoms with Crippen LogP contribution in [0, 0.1) is 0 Å². The highest BCUT2D eigenvalue weighted by molar-refractivity contribution is 7.99. The van der Waals surface area contributed by atoms with Gasteiger partial charge in [-0.25, -0.2) is 4.68 Å². The van der Waals surface area contributed by atoms with Gasteiger partial charge in [-0.05, 0) is 24.3 Å². The minimum Gasteiger partial charge on any atom is -0.383 e. The van der Waals surface area contributed by atoms with E-state index in [-0.39, 0.29) is 0 Å². The van der Waals surface area contributed by atoms with Crippen LogP contribution in [0.4, 0.5) is 0 Å². The number of para-hydroxylation sites is 1. The molecule has 0 spiro atoms. The first-order valence-corrected chi connectivity index (χ1v) is 6.72. The highest BCUT2D eigenvalue weighted by Gasteiger charge is 2.37. The summed E-state index contributed by atoms with van der Waals surface area (Å²) in [6.07, 6.45) is 2.43. The number of aromatic nitrogens is 3. The summed E-state index contributed by atoms with van der Waals surface area (Å²) in [6, 6.07) is 9.79. The highest BCUT2D eigenvalue weighted by atomic mass is 32.2. The predicted molar refractivity (Wildman–Crippen MR) is 67.2 cm³/mol. The lowest BCUT2D eigenvalue weighted by molar-refractivity contribution is 0.0585. The Labute approximate surface area is 104 Å². The third-order valence-electron chi connectivity index (χ3n) is 3.03. The Morgan fingerprint density at radius 3 is 2.82 bits per heavy atom. The van der Waals surface area contributed by atoms with Crippen LogP contribution in [-0.4, -0.2) is 31.6 Å². The van der Waals surface area contributed by atoms with Gasteiger partial charge in [-0.3, -0.25) is 0 Å². The van der Waals surface area contributed by atoms with Crippen molar-refractivity contribution in [3.63, 3.8) is 0 Å². The molecule has 1 aromatic carbocycles. The Balaban J connectivity index is 2.05. The minimum atomic E-state index is -0.788. The first-order valence-electron chi connectivity index (χ1n) is 5.56. The molecule has 0 saturated carbocycles. The second-order valence-electron chi connectivity index (χ2n) is 4.20. The van der Waals surface area contributed by atoms with Gasteiger partial charge in [0.1, 0.15) is 5.60 Å². The fourth-order valence-corrected chi connectivity index (χ4v) is 3.32. The molecule has 1 fully saturated rings. The van der Waals surface area contributed by atoms with Crippen LogP contribution in [0.1, 0.15) is 12.1 Å². The van der Waals surface area contributed by atoms with E-state index in [1.54, 1.807) is 22.6 Å². The van der Waals surface area contributed by atoms with E-state index < -0.39 is 5.60 Å². The second kappa shape index (κ2) is 4.16. The van der Waals surface area contributed by atoms with E-state index in [0.717, 1.165) is 23.6 Å². The van der Waals surface area contributed by atoms with Gasteiger partial charge < -0.3 is 5.11 Å². The van der Waals surface area contributed by atoms with Crippen LogP contribution in [0.3, 0.4) is 0 Å². The lowest BCUT2D eigenvalue weighted by Crippen LogP contribution is -2.28. The molecule has 1 saturated heterocycles. The smallest absolute Gasteiger partial charge is 0.118 e. The SMILES string of the molecule is OC1(c2cnnn2-c2ccccc2)CCSC1. The number of hydrogen-bond donors (Lipinski definition) is 1. The lowest BCUT2D eigenvalue weighted by atomic mass is 10.00. The van der Waals surface area contributed by atoms with E-state index in [2.05, 4.69) is 10.3 Å². The van der Waals surface area contributed by atoms with Gasteiger partial charge in [0, 0.05) is 5.75 Å². The van der Waals surface area contributed by atoms with Crippen molar-refractivity contribution in [1.82, 2.24) is 15.0 Å². The van der Waals surface area contributed by atoms with Gasteiger partial charge in [0.2, 0.25) is 0 Å². The van der Waals surface area contributed by atoms with E-state index in [1.807, 2.05) is 30.3 Å². The van der Waals surface area contributed by atoms with Crippen LogP contribution in [-0.2, 0) is 5.60 Å². The third kappa shape index (κ3) is 1.85. The van der Waals surface area contributed by atoms with Crippen LogP contribution in [0.2, 0.25) is 0 Å². The van der Waals surface area contributed by atoms with Crippen molar-refractivity contribution in [2.24, 2.45) is 0 Å². The standard InChI is InChI=1S/C12H13N3OS/c16-12(6-7-17-9-12)11-8-13-14-15(11)10-4-2-1-3-5-10/h1-5,8,16H,6-7,9H2. The molecule has 1 atom stereocenters. The summed E-state index contributed by atoms with van der Waals surface area (Å²) in [5, 5.41) is 18.6. The molecule has 1 N–H and O–H groups in total. The average molecular weight is 247 g/mol. The van der Waals surface area contributed by atoms with Gasteiger partial charge >= 0.3 is 0 Å². The fourth-order valence-electron chi connectivity index (χ4n) is 2.07. The van der Waals surface area contributed by atoms with Gasteiger partial charge in [0.15, 0.2) is 0 Å². The molecule has 1 aliphatic rings. The van der Waals surface area contributed by atoms with Crippen molar-refractivity contribution in [3.8, 4) is 5.69 Å². The number of thioether (sulfide) groups is 1. The van der Waals surface area contributed by atoms with Gasteiger partial charge in [0.05, 0.1) is 17.6 Å². The molecule has 5 heteroatoms. The molecule has 2 aromatic rings. The van der Waals surface area contributed by atoms with E-state index in [9.17, 15) is 5.11 Å². The molecular formula is C12H13N3OS. The maximum atomic E-state index is 10.6. The number of rotatable bonds is 2. The largest absolute Gasteiger partial charge is 0.383 e. The Hall–Kier alpha value is -1.33. The minimum absolute atomic E-state index is 0.715. The van der Waals surface area contributed by atoms with Crippen molar-refractivity contribution in [1.29, 1.82) is 0 Å². The molecule has 0 amide bonds. The molecule has 88 valence electrons. The second-order valence-corrected chi connectivity index (χ2v) is 5.31. The Morgan fingerprint density at radius 1 is 1.29 bits per heavy atom. The third-order valence-corrected chi connectivity index (χ3v) is 4.20. The first-order chi connectivity index (χ1) is 8.30. The molecule has 1 aromatic heterocycles. The van der Waals surface area contributed by atoms with Gasteiger partial charge in [-0.15, -0.1) is 5.10 Å². The van der Waals surface area contributed by atoms with E-state index in [0.29, 0.717) is 5.75 Å². The molecule has 3 rings (SSSR count). The summed E-state index contributed by atoms with van der Waals surface area (Å²) >= 11 is 1.76. The Kier molecular flexibility index (Phi) is 2.64. The van der Waals surface area contributed by atoms with Crippen LogP contribution in [0.15, 0.2) is 36.5 Å². The van der Waals surface area contributed by atoms with Gasteiger partial charge in [-0.1, -0.05) is 23.4 Å². The normalized spacial score (nSPS) is 24.1. The Bertz CT molecular complexity index is 505. The van der Waals surface area contributed by atoms with Crippen LogP contribution >= 0.6 is 11.8 Å². The molecule has 4 nitrogen and oxygen atoms in total. The molecule has 0 bridgehead atoms. The van der Waals surface area contributed by atoms with Crippen LogP contribution in [0.5, 0.6) is 0 Å².